The molecule has 6 heteroatoms. The molecule has 140 valence electrons. The molecule has 3 fully saturated rings. The zero-order valence-corrected chi connectivity index (χ0v) is 15.5. The Kier molecular flexibility index (Phi) is 4.09. The number of fused-ring (bicyclic) bond motifs is 3. The molecular weight excluding hydrogens is 332 g/mol. The highest BCUT2D eigenvalue weighted by Crippen LogP contribution is 2.52. The Morgan fingerprint density at radius 2 is 2.19 bits per heavy atom. The first-order valence-corrected chi connectivity index (χ1v) is 9.42. The van der Waals surface area contributed by atoms with Crippen LogP contribution in [0.1, 0.15) is 49.9 Å². The van der Waals surface area contributed by atoms with Crippen LogP contribution in [0.15, 0.2) is 18.2 Å². The molecule has 1 aromatic rings. The Bertz CT molecular complexity index is 747. The maximum Gasteiger partial charge on any atom is 0.258 e. The van der Waals surface area contributed by atoms with Crippen molar-refractivity contribution < 1.29 is 19.1 Å². The monoisotopic (exact) mass is 358 g/mol. The summed E-state index contributed by atoms with van der Waals surface area (Å²) in [5.41, 5.74) is -0.166. The fraction of sp³-hybridized carbons (Fsp3) is 0.600. The lowest BCUT2D eigenvalue weighted by atomic mass is 9.60. The molecule has 4 aliphatic rings. The van der Waals surface area contributed by atoms with Gasteiger partial charge in [-0.2, -0.15) is 0 Å². The van der Waals surface area contributed by atoms with Crippen LogP contribution in [0.25, 0.3) is 0 Å². The first-order chi connectivity index (χ1) is 12.4. The smallest absolute Gasteiger partial charge is 0.258 e. The molecule has 26 heavy (non-hydrogen) atoms. The van der Waals surface area contributed by atoms with Crippen molar-refractivity contribution in [1.29, 1.82) is 0 Å². The molecule has 3 aliphatic carbocycles. The molecule has 1 heterocycles. The van der Waals surface area contributed by atoms with E-state index < -0.39 is 5.72 Å². The van der Waals surface area contributed by atoms with E-state index in [1.165, 1.54) is 0 Å². The van der Waals surface area contributed by atoms with E-state index in [4.69, 9.17) is 9.47 Å². The van der Waals surface area contributed by atoms with Gasteiger partial charge in [0.2, 0.25) is 5.91 Å². The highest BCUT2D eigenvalue weighted by atomic mass is 16.5. The molecule has 2 N–H and O–H groups in total. The van der Waals surface area contributed by atoms with E-state index in [1.54, 1.807) is 25.3 Å². The van der Waals surface area contributed by atoms with Crippen molar-refractivity contribution in [3.63, 3.8) is 0 Å². The SMILES string of the molecule is COc1ccc2c(c1)O[C@]1(C[C@H]3CC[C@@H]1C[C@@H]3C(=O)NC(C)C)NC2=O. The average Bonchev–Trinajstić information content (AvgIpc) is 2.60. The van der Waals surface area contributed by atoms with Crippen molar-refractivity contribution in [2.24, 2.45) is 17.8 Å². The summed E-state index contributed by atoms with van der Waals surface area (Å²) in [6.07, 6.45) is 3.40. The molecular formula is C20H26N2O4. The van der Waals surface area contributed by atoms with Gasteiger partial charge >= 0.3 is 0 Å². The Hall–Kier alpha value is -2.24. The predicted molar refractivity (Wildman–Crippen MR) is 96.0 cm³/mol. The molecule has 4 atom stereocenters. The largest absolute Gasteiger partial charge is 0.497 e. The molecule has 6 nitrogen and oxygen atoms in total. The van der Waals surface area contributed by atoms with Gasteiger partial charge in [-0.15, -0.1) is 0 Å². The molecule has 1 aliphatic heterocycles. The van der Waals surface area contributed by atoms with Crippen LogP contribution in [0, 0.1) is 17.8 Å². The zero-order valence-electron chi connectivity index (χ0n) is 15.5. The Labute approximate surface area is 153 Å². The van der Waals surface area contributed by atoms with Crippen LogP contribution in [0.4, 0.5) is 0 Å². The first-order valence-electron chi connectivity index (χ1n) is 9.42. The molecule has 5 rings (SSSR count). The van der Waals surface area contributed by atoms with Crippen molar-refractivity contribution in [3.8, 4) is 11.5 Å². The maximum atomic E-state index is 12.7. The van der Waals surface area contributed by atoms with Gasteiger partial charge in [0.1, 0.15) is 11.5 Å². The van der Waals surface area contributed by atoms with E-state index in [1.807, 2.05) is 13.8 Å². The summed E-state index contributed by atoms with van der Waals surface area (Å²) in [7, 11) is 1.60. The van der Waals surface area contributed by atoms with Crippen LogP contribution in [-0.4, -0.2) is 30.7 Å². The summed E-state index contributed by atoms with van der Waals surface area (Å²) in [5, 5.41) is 6.17. The minimum absolute atomic E-state index is 0.00832. The fourth-order valence-electron chi connectivity index (χ4n) is 4.83. The van der Waals surface area contributed by atoms with E-state index >= 15 is 0 Å². The Balaban J connectivity index is 1.59. The van der Waals surface area contributed by atoms with E-state index in [0.29, 0.717) is 23.5 Å². The molecule has 1 spiro atoms. The lowest BCUT2D eigenvalue weighted by Gasteiger charge is -2.55. The van der Waals surface area contributed by atoms with Crippen LogP contribution in [0.2, 0.25) is 0 Å². The van der Waals surface area contributed by atoms with Crippen LogP contribution in [0.5, 0.6) is 11.5 Å². The molecule has 1 aromatic carbocycles. The van der Waals surface area contributed by atoms with Gasteiger partial charge < -0.3 is 20.1 Å². The van der Waals surface area contributed by atoms with Crippen molar-refractivity contribution >= 4 is 11.8 Å². The van der Waals surface area contributed by atoms with Gasteiger partial charge in [-0.05, 0) is 51.2 Å². The van der Waals surface area contributed by atoms with Gasteiger partial charge in [0.25, 0.3) is 5.91 Å². The standard InChI is InChI=1S/C20H26N2O4/c1-11(2)21-18(23)16-8-13-5-4-12(16)10-20(13)22-19(24)15-7-6-14(25-3)9-17(15)26-20/h6-7,9,11-13,16H,4-5,8,10H2,1-3H3,(H,21,23)(H,22,24)/t12-,13-,16+,20+/m1/s1. The Morgan fingerprint density at radius 1 is 1.38 bits per heavy atom. The van der Waals surface area contributed by atoms with Gasteiger partial charge in [-0.3, -0.25) is 9.59 Å². The van der Waals surface area contributed by atoms with E-state index in [0.717, 1.165) is 19.3 Å². The summed E-state index contributed by atoms with van der Waals surface area (Å²) >= 11 is 0. The third kappa shape index (κ3) is 2.72. The summed E-state index contributed by atoms with van der Waals surface area (Å²) in [5.74, 6) is 1.64. The number of methoxy groups -OCH3 is 1. The summed E-state index contributed by atoms with van der Waals surface area (Å²) in [6.45, 7) is 3.96. The fourth-order valence-corrected chi connectivity index (χ4v) is 4.83. The number of ether oxygens (including phenoxy) is 2. The second-order valence-corrected chi connectivity index (χ2v) is 8.05. The summed E-state index contributed by atoms with van der Waals surface area (Å²) in [4.78, 5) is 25.2. The normalized spacial score (nSPS) is 32.0. The topological polar surface area (TPSA) is 76.7 Å². The quantitative estimate of drug-likeness (QED) is 0.870. The molecule has 0 saturated heterocycles. The molecule has 2 amide bonds. The number of carbonyl (C=O) groups is 2. The predicted octanol–water partition coefficient (Wildman–Crippen LogP) is 2.47. The summed E-state index contributed by atoms with van der Waals surface area (Å²) < 4.78 is 11.6. The Morgan fingerprint density at radius 3 is 2.85 bits per heavy atom. The molecule has 0 aromatic heterocycles. The van der Waals surface area contributed by atoms with Crippen molar-refractivity contribution in [2.45, 2.75) is 51.3 Å². The van der Waals surface area contributed by atoms with Crippen LogP contribution < -0.4 is 20.1 Å². The maximum absolute atomic E-state index is 12.7. The van der Waals surface area contributed by atoms with E-state index in [2.05, 4.69) is 10.6 Å². The van der Waals surface area contributed by atoms with Crippen LogP contribution in [0.3, 0.4) is 0 Å². The summed E-state index contributed by atoms with van der Waals surface area (Å²) in [6, 6.07) is 5.41. The lowest BCUT2D eigenvalue weighted by molar-refractivity contribution is -0.147. The highest BCUT2D eigenvalue weighted by molar-refractivity contribution is 5.98. The van der Waals surface area contributed by atoms with E-state index in [-0.39, 0.29) is 35.6 Å². The van der Waals surface area contributed by atoms with Crippen LogP contribution in [-0.2, 0) is 4.79 Å². The van der Waals surface area contributed by atoms with Crippen molar-refractivity contribution in [3.05, 3.63) is 23.8 Å². The third-order valence-corrected chi connectivity index (χ3v) is 6.04. The van der Waals surface area contributed by atoms with Gasteiger partial charge in [-0.25, -0.2) is 0 Å². The van der Waals surface area contributed by atoms with Crippen molar-refractivity contribution in [1.82, 2.24) is 10.6 Å². The second kappa shape index (κ2) is 6.18. The molecule has 2 bridgehead atoms. The zero-order chi connectivity index (χ0) is 18.5. The number of hydrogen-bond donors (Lipinski definition) is 2. The number of rotatable bonds is 3. The molecule has 0 unspecified atom stereocenters. The molecule has 0 radical (unpaired) electrons. The van der Waals surface area contributed by atoms with Crippen molar-refractivity contribution in [2.75, 3.05) is 7.11 Å². The number of benzene rings is 1. The number of carbonyl (C=O) groups excluding carboxylic acids is 2. The lowest BCUT2D eigenvalue weighted by Crippen LogP contribution is -2.67. The first kappa shape index (κ1) is 17.2. The van der Waals surface area contributed by atoms with E-state index in [9.17, 15) is 9.59 Å². The van der Waals surface area contributed by atoms with Gasteiger partial charge in [0, 0.05) is 30.4 Å². The minimum Gasteiger partial charge on any atom is -0.497 e. The number of hydrogen-bond acceptors (Lipinski definition) is 4. The number of nitrogens with one attached hydrogen (secondary N) is 2. The van der Waals surface area contributed by atoms with Gasteiger partial charge in [-0.1, -0.05) is 0 Å². The van der Waals surface area contributed by atoms with Crippen LogP contribution >= 0.6 is 0 Å². The van der Waals surface area contributed by atoms with Gasteiger partial charge in [0.15, 0.2) is 5.72 Å². The third-order valence-electron chi connectivity index (χ3n) is 6.04. The molecule has 3 saturated carbocycles. The number of amides is 2. The highest BCUT2D eigenvalue weighted by Gasteiger charge is 2.57. The second-order valence-electron chi connectivity index (χ2n) is 8.05. The van der Waals surface area contributed by atoms with Gasteiger partial charge in [0.05, 0.1) is 12.7 Å². The minimum atomic E-state index is -0.700. The average molecular weight is 358 g/mol.